The zero-order valence-corrected chi connectivity index (χ0v) is 16.4. The summed E-state index contributed by atoms with van der Waals surface area (Å²) in [6.07, 6.45) is 2.77. The fraction of sp³-hybridized carbons (Fsp3) is 0.0435. The van der Waals surface area contributed by atoms with Gasteiger partial charge < -0.3 is 24.8 Å². The largest absolute Gasteiger partial charge is 0.508 e. The molecule has 0 saturated heterocycles. The number of benzene rings is 2. The second-order valence-corrected chi connectivity index (χ2v) is 6.90. The first-order chi connectivity index (χ1) is 15.3. The molecule has 0 aliphatic rings. The number of aromatic hydroxyl groups is 3. The first-order valence-corrected chi connectivity index (χ1v) is 9.35. The number of nitrogens with zero attached hydrogens (tertiary/aromatic N) is 2. The molecule has 2 aromatic heterocycles. The monoisotopic (exact) mass is 432 g/mol. The lowest BCUT2D eigenvalue weighted by Gasteiger charge is -2.10. The smallest absolute Gasteiger partial charge is 0.371 e. The number of carboxylic acids is 1. The van der Waals surface area contributed by atoms with Crippen molar-refractivity contribution >= 4 is 11.8 Å². The quantitative estimate of drug-likeness (QED) is 0.334. The van der Waals surface area contributed by atoms with Crippen molar-refractivity contribution in [2.24, 2.45) is 0 Å². The second kappa shape index (κ2) is 8.23. The van der Waals surface area contributed by atoms with E-state index in [-0.39, 0.29) is 46.6 Å². The Hall–Kier alpha value is -4.66. The van der Waals surface area contributed by atoms with Crippen molar-refractivity contribution in [2.45, 2.75) is 6.42 Å². The second-order valence-electron chi connectivity index (χ2n) is 6.90. The van der Waals surface area contributed by atoms with Crippen molar-refractivity contribution in [3.63, 3.8) is 0 Å². The lowest BCUT2D eigenvalue weighted by Crippen LogP contribution is -2.07. The van der Waals surface area contributed by atoms with Gasteiger partial charge in [0, 0.05) is 30.1 Å². The Morgan fingerprint density at radius 3 is 2.19 bits per heavy atom. The van der Waals surface area contributed by atoms with Crippen LogP contribution in [0.4, 0.5) is 0 Å². The summed E-state index contributed by atoms with van der Waals surface area (Å²) in [6, 6.07) is 11.3. The van der Waals surface area contributed by atoms with E-state index >= 15 is 0 Å². The van der Waals surface area contributed by atoms with Crippen LogP contribution in [0.25, 0.3) is 22.5 Å². The molecular formula is C23H16N2O7. The molecule has 0 spiro atoms. The molecule has 32 heavy (non-hydrogen) atoms. The number of rotatable bonds is 6. The molecule has 0 fully saturated rings. The van der Waals surface area contributed by atoms with Gasteiger partial charge in [0.05, 0.1) is 17.5 Å². The Morgan fingerprint density at radius 2 is 1.56 bits per heavy atom. The molecule has 2 heterocycles. The molecule has 4 aromatic rings. The van der Waals surface area contributed by atoms with Gasteiger partial charge in [-0.05, 0) is 23.8 Å². The number of phenols is 3. The van der Waals surface area contributed by atoms with Crippen LogP contribution in [0.1, 0.15) is 26.7 Å². The molecule has 2 aromatic carbocycles. The minimum absolute atomic E-state index is 0.0947. The van der Waals surface area contributed by atoms with E-state index in [2.05, 4.69) is 9.97 Å². The van der Waals surface area contributed by atoms with E-state index in [0.29, 0.717) is 22.5 Å². The number of hydrogen-bond acceptors (Lipinski definition) is 8. The van der Waals surface area contributed by atoms with Gasteiger partial charge in [-0.1, -0.05) is 18.2 Å². The van der Waals surface area contributed by atoms with Crippen molar-refractivity contribution in [1.82, 2.24) is 9.97 Å². The van der Waals surface area contributed by atoms with Crippen LogP contribution in [-0.2, 0) is 6.42 Å². The summed E-state index contributed by atoms with van der Waals surface area (Å²) in [5, 5.41) is 38.6. The van der Waals surface area contributed by atoms with Crippen LogP contribution in [0.3, 0.4) is 0 Å². The van der Waals surface area contributed by atoms with Gasteiger partial charge in [0.1, 0.15) is 28.8 Å². The molecule has 0 saturated carbocycles. The number of ketones is 1. The summed E-state index contributed by atoms with van der Waals surface area (Å²) >= 11 is 0. The van der Waals surface area contributed by atoms with Crippen LogP contribution in [0, 0.1) is 0 Å². The molecule has 0 aliphatic heterocycles. The highest BCUT2D eigenvalue weighted by atomic mass is 16.4. The van der Waals surface area contributed by atoms with Crippen molar-refractivity contribution in [2.75, 3.05) is 0 Å². The molecule has 9 heteroatoms. The Balaban J connectivity index is 1.53. The highest BCUT2D eigenvalue weighted by molar-refractivity contribution is 5.98. The number of aromatic carboxylic acids is 1. The maximum atomic E-state index is 12.7. The standard InChI is InChI=1S/C23H16N2O7/c26-15-7-17(28)22(18(29)8-15)13-3-1-2-12(6-13)16(27)9-21-24-10-14(11-25-21)19-4-5-20(32-19)23(30)31/h1-8,10-11,26,28-29H,9H2,(H,30,31). The zero-order valence-electron chi connectivity index (χ0n) is 16.4. The van der Waals surface area contributed by atoms with E-state index in [9.17, 15) is 24.9 Å². The third-order valence-corrected chi connectivity index (χ3v) is 4.68. The van der Waals surface area contributed by atoms with Crippen LogP contribution >= 0.6 is 0 Å². The van der Waals surface area contributed by atoms with Gasteiger partial charge in [-0.15, -0.1) is 0 Å². The van der Waals surface area contributed by atoms with Crippen molar-refractivity contribution in [1.29, 1.82) is 0 Å². The lowest BCUT2D eigenvalue weighted by molar-refractivity contribution is 0.0663. The van der Waals surface area contributed by atoms with Gasteiger partial charge in [-0.2, -0.15) is 0 Å². The Bertz CT molecular complexity index is 1300. The maximum Gasteiger partial charge on any atom is 0.371 e. The van der Waals surface area contributed by atoms with Gasteiger partial charge in [-0.3, -0.25) is 4.79 Å². The number of phenolic OH excluding ortho intramolecular Hbond substituents is 3. The van der Waals surface area contributed by atoms with E-state index < -0.39 is 5.97 Å². The molecule has 0 radical (unpaired) electrons. The predicted molar refractivity (Wildman–Crippen MR) is 112 cm³/mol. The van der Waals surface area contributed by atoms with E-state index in [4.69, 9.17) is 9.52 Å². The number of carbonyl (C=O) groups excluding carboxylic acids is 1. The van der Waals surface area contributed by atoms with Crippen LogP contribution in [0.2, 0.25) is 0 Å². The van der Waals surface area contributed by atoms with E-state index in [1.165, 1.54) is 30.6 Å². The Morgan fingerprint density at radius 1 is 0.875 bits per heavy atom. The van der Waals surface area contributed by atoms with Gasteiger partial charge in [0.25, 0.3) is 0 Å². The number of aromatic nitrogens is 2. The highest BCUT2D eigenvalue weighted by Crippen LogP contribution is 2.40. The van der Waals surface area contributed by atoms with Crippen molar-refractivity contribution in [3.8, 4) is 39.7 Å². The van der Waals surface area contributed by atoms with Crippen molar-refractivity contribution in [3.05, 3.63) is 78.1 Å². The lowest BCUT2D eigenvalue weighted by atomic mass is 9.98. The first kappa shape index (κ1) is 20.6. The molecule has 0 amide bonds. The molecule has 0 unspecified atom stereocenters. The molecule has 0 bridgehead atoms. The SMILES string of the molecule is O=C(Cc1ncc(-c2ccc(C(=O)O)o2)cn1)c1cccc(-c2c(O)cc(O)cc2O)c1. The number of hydrogen-bond donors (Lipinski definition) is 4. The van der Waals surface area contributed by atoms with Crippen LogP contribution in [-0.4, -0.2) is 42.1 Å². The molecular weight excluding hydrogens is 416 g/mol. The van der Waals surface area contributed by atoms with Crippen LogP contribution < -0.4 is 0 Å². The summed E-state index contributed by atoms with van der Waals surface area (Å²) in [7, 11) is 0. The minimum Gasteiger partial charge on any atom is -0.508 e. The fourth-order valence-electron chi connectivity index (χ4n) is 3.17. The van der Waals surface area contributed by atoms with Gasteiger partial charge >= 0.3 is 5.97 Å². The average Bonchev–Trinajstić information content (AvgIpc) is 3.24. The predicted octanol–water partition coefficient (Wildman–Crippen LogP) is 3.64. The summed E-state index contributed by atoms with van der Waals surface area (Å²) in [4.78, 5) is 31.9. The number of Topliss-reactive ketones (excluding diaryl/α,β-unsaturated/α-hetero) is 1. The number of carboxylic acid groups (broad SMARTS) is 1. The Labute approximate surface area is 180 Å². The topological polar surface area (TPSA) is 154 Å². The van der Waals surface area contributed by atoms with E-state index in [1.807, 2.05) is 0 Å². The summed E-state index contributed by atoms with van der Waals surface area (Å²) in [5.74, 6) is -2.06. The summed E-state index contributed by atoms with van der Waals surface area (Å²) in [6.45, 7) is 0. The molecule has 160 valence electrons. The molecule has 4 rings (SSSR count). The normalized spacial score (nSPS) is 10.8. The molecule has 9 nitrogen and oxygen atoms in total. The molecule has 0 aliphatic carbocycles. The third kappa shape index (κ3) is 4.12. The van der Waals surface area contributed by atoms with Gasteiger partial charge in [0.15, 0.2) is 5.78 Å². The maximum absolute atomic E-state index is 12.7. The van der Waals surface area contributed by atoms with Crippen molar-refractivity contribution < 1.29 is 34.4 Å². The fourth-order valence-corrected chi connectivity index (χ4v) is 3.17. The highest BCUT2D eigenvalue weighted by Gasteiger charge is 2.16. The van der Waals surface area contributed by atoms with Crippen LogP contribution in [0.15, 0.2) is 65.3 Å². The number of furan rings is 1. The van der Waals surface area contributed by atoms with Crippen LogP contribution in [0.5, 0.6) is 17.2 Å². The van der Waals surface area contributed by atoms with E-state index in [0.717, 1.165) is 12.1 Å². The van der Waals surface area contributed by atoms with Gasteiger partial charge in [0.2, 0.25) is 5.76 Å². The first-order valence-electron chi connectivity index (χ1n) is 9.35. The summed E-state index contributed by atoms with van der Waals surface area (Å²) in [5.41, 5.74) is 1.28. The zero-order chi connectivity index (χ0) is 22.8. The summed E-state index contributed by atoms with van der Waals surface area (Å²) < 4.78 is 5.20. The van der Waals surface area contributed by atoms with Gasteiger partial charge in [-0.25, -0.2) is 14.8 Å². The Kier molecular flexibility index (Phi) is 5.30. The molecule has 4 N–H and O–H groups in total. The molecule has 0 atom stereocenters. The minimum atomic E-state index is -1.18. The third-order valence-electron chi connectivity index (χ3n) is 4.68. The number of carbonyl (C=O) groups is 2. The van der Waals surface area contributed by atoms with E-state index in [1.54, 1.807) is 18.2 Å². The average molecular weight is 432 g/mol.